The minimum Gasteiger partial charge on any atom is -0.444 e. The van der Waals surface area contributed by atoms with Crippen molar-refractivity contribution in [1.82, 2.24) is 10.2 Å². The molecule has 3 atom stereocenters. The first-order chi connectivity index (χ1) is 10.3. The van der Waals surface area contributed by atoms with Crippen LogP contribution in [0.25, 0.3) is 0 Å². The third kappa shape index (κ3) is 4.61. The number of rotatable bonds is 5. The number of carbonyl (C=O) groups excluding carboxylic acids is 1. The highest BCUT2D eigenvalue weighted by Gasteiger charge is 2.44. The quantitative estimate of drug-likeness (QED) is 0.836. The van der Waals surface area contributed by atoms with Gasteiger partial charge in [-0.25, -0.2) is 4.79 Å². The number of ether oxygens (including phenoxy) is 1. The Bertz CT molecular complexity index is 364. The molecule has 22 heavy (non-hydrogen) atoms. The zero-order chi connectivity index (χ0) is 16.3. The van der Waals surface area contributed by atoms with E-state index in [2.05, 4.69) is 19.2 Å². The summed E-state index contributed by atoms with van der Waals surface area (Å²) in [4.78, 5) is 14.4. The standard InChI is InChI=1S/C18H34N2O2/c1-6-7-13(2)12-19-14-10-15-8-9-16(11-14)20(15)17(21)22-18(3,4)5/h13-16,19H,6-12H2,1-5H3. The summed E-state index contributed by atoms with van der Waals surface area (Å²) in [6.45, 7) is 11.5. The van der Waals surface area contributed by atoms with E-state index in [-0.39, 0.29) is 6.09 Å². The molecule has 2 heterocycles. The molecule has 0 aliphatic carbocycles. The van der Waals surface area contributed by atoms with Crippen LogP contribution in [0.5, 0.6) is 0 Å². The molecule has 3 unspecified atom stereocenters. The van der Waals surface area contributed by atoms with E-state index in [1.807, 2.05) is 25.7 Å². The van der Waals surface area contributed by atoms with Crippen molar-refractivity contribution in [2.75, 3.05) is 6.54 Å². The molecular weight excluding hydrogens is 276 g/mol. The van der Waals surface area contributed by atoms with Gasteiger partial charge in [0.1, 0.15) is 5.60 Å². The Morgan fingerprint density at radius 2 is 1.86 bits per heavy atom. The van der Waals surface area contributed by atoms with Crippen LogP contribution in [0.15, 0.2) is 0 Å². The number of amides is 1. The topological polar surface area (TPSA) is 41.6 Å². The minimum atomic E-state index is -0.402. The predicted molar refractivity (Wildman–Crippen MR) is 90.0 cm³/mol. The summed E-state index contributed by atoms with van der Waals surface area (Å²) in [6, 6.07) is 1.30. The van der Waals surface area contributed by atoms with Gasteiger partial charge in [0.05, 0.1) is 0 Å². The number of carbonyl (C=O) groups is 1. The second-order valence-corrected chi connectivity index (χ2v) is 8.24. The maximum Gasteiger partial charge on any atom is 0.410 e. The fourth-order valence-corrected chi connectivity index (χ4v) is 3.92. The normalized spacial score (nSPS) is 29.5. The van der Waals surface area contributed by atoms with E-state index in [9.17, 15) is 4.79 Å². The molecular formula is C18H34N2O2. The zero-order valence-electron chi connectivity index (χ0n) is 15.0. The van der Waals surface area contributed by atoms with Gasteiger partial charge >= 0.3 is 6.09 Å². The molecule has 2 bridgehead atoms. The number of piperidine rings is 1. The van der Waals surface area contributed by atoms with Crippen LogP contribution in [0.4, 0.5) is 4.79 Å². The summed E-state index contributed by atoms with van der Waals surface area (Å²) in [5.41, 5.74) is -0.402. The van der Waals surface area contributed by atoms with E-state index in [1.165, 1.54) is 12.8 Å². The molecule has 2 aliphatic rings. The molecule has 4 heteroatoms. The molecule has 1 N–H and O–H groups in total. The first kappa shape index (κ1) is 17.6. The van der Waals surface area contributed by atoms with Gasteiger partial charge < -0.3 is 15.0 Å². The Balaban J connectivity index is 1.85. The highest BCUT2D eigenvalue weighted by molar-refractivity contribution is 5.69. The monoisotopic (exact) mass is 310 g/mol. The van der Waals surface area contributed by atoms with E-state index in [0.29, 0.717) is 18.1 Å². The molecule has 0 aromatic carbocycles. The molecule has 4 nitrogen and oxygen atoms in total. The number of fused-ring (bicyclic) bond motifs is 2. The van der Waals surface area contributed by atoms with Crippen LogP contribution in [0.3, 0.4) is 0 Å². The summed E-state index contributed by atoms with van der Waals surface area (Å²) < 4.78 is 5.59. The fraction of sp³-hybridized carbons (Fsp3) is 0.944. The number of nitrogens with zero attached hydrogens (tertiary/aromatic N) is 1. The van der Waals surface area contributed by atoms with Crippen LogP contribution >= 0.6 is 0 Å². The van der Waals surface area contributed by atoms with E-state index in [1.54, 1.807) is 0 Å². The van der Waals surface area contributed by atoms with Crippen molar-refractivity contribution < 1.29 is 9.53 Å². The molecule has 128 valence electrons. The van der Waals surface area contributed by atoms with Gasteiger partial charge in [0.2, 0.25) is 0 Å². The number of nitrogens with one attached hydrogen (secondary N) is 1. The first-order valence-corrected chi connectivity index (χ1v) is 9.05. The lowest BCUT2D eigenvalue weighted by Crippen LogP contribution is -2.53. The van der Waals surface area contributed by atoms with Crippen molar-refractivity contribution in [2.45, 2.75) is 96.9 Å². The van der Waals surface area contributed by atoms with Crippen molar-refractivity contribution in [2.24, 2.45) is 5.92 Å². The second kappa shape index (κ2) is 7.20. The Kier molecular flexibility index (Phi) is 5.76. The van der Waals surface area contributed by atoms with Crippen LogP contribution < -0.4 is 5.32 Å². The van der Waals surface area contributed by atoms with Gasteiger partial charge in [0, 0.05) is 18.1 Å². The lowest BCUT2D eigenvalue weighted by molar-refractivity contribution is 0.00460. The van der Waals surface area contributed by atoms with Gasteiger partial charge in [-0.15, -0.1) is 0 Å². The van der Waals surface area contributed by atoms with E-state index in [0.717, 1.165) is 38.1 Å². The van der Waals surface area contributed by atoms with Crippen LogP contribution in [0, 0.1) is 5.92 Å². The largest absolute Gasteiger partial charge is 0.444 e. The van der Waals surface area contributed by atoms with Gasteiger partial charge in [0.15, 0.2) is 0 Å². The second-order valence-electron chi connectivity index (χ2n) is 8.24. The summed E-state index contributed by atoms with van der Waals surface area (Å²) in [5.74, 6) is 0.742. The third-order valence-electron chi connectivity index (χ3n) is 4.87. The highest BCUT2D eigenvalue weighted by atomic mass is 16.6. The van der Waals surface area contributed by atoms with Crippen molar-refractivity contribution in [3.63, 3.8) is 0 Å². The average Bonchev–Trinajstić information content (AvgIpc) is 2.66. The molecule has 2 saturated heterocycles. The van der Waals surface area contributed by atoms with Crippen molar-refractivity contribution >= 4 is 6.09 Å². The Hall–Kier alpha value is -0.770. The Morgan fingerprint density at radius 3 is 2.36 bits per heavy atom. The van der Waals surface area contributed by atoms with E-state index < -0.39 is 5.60 Å². The zero-order valence-corrected chi connectivity index (χ0v) is 15.0. The van der Waals surface area contributed by atoms with E-state index in [4.69, 9.17) is 4.74 Å². The first-order valence-electron chi connectivity index (χ1n) is 9.05. The lowest BCUT2D eigenvalue weighted by atomic mass is 9.96. The van der Waals surface area contributed by atoms with Crippen molar-refractivity contribution in [3.05, 3.63) is 0 Å². The van der Waals surface area contributed by atoms with Crippen LogP contribution in [0.2, 0.25) is 0 Å². The maximum absolute atomic E-state index is 12.4. The molecule has 1 amide bonds. The van der Waals surface area contributed by atoms with Gasteiger partial charge in [-0.05, 0) is 65.3 Å². The van der Waals surface area contributed by atoms with Gasteiger partial charge in [0.25, 0.3) is 0 Å². The third-order valence-corrected chi connectivity index (χ3v) is 4.87. The van der Waals surface area contributed by atoms with Crippen LogP contribution in [-0.2, 0) is 4.74 Å². The molecule has 0 aromatic rings. The Labute approximate surface area is 136 Å². The minimum absolute atomic E-state index is 0.113. The number of hydrogen-bond donors (Lipinski definition) is 1. The summed E-state index contributed by atoms with van der Waals surface area (Å²) in [6.07, 6.45) is 6.85. The van der Waals surface area contributed by atoms with Gasteiger partial charge in [-0.3, -0.25) is 0 Å². The predicted octanol–water partition coefficient (Wildman–Crippen LogP) is 3.94. The molecule has 0 saturated carbocycles. The molecule has 2 aliphatic heterocycles. The summed E-state index contributed by atoms with van der Waals surface area (Å²) in [7, 11) is 0. The van der Waals surface area contributed by atoms with Crippen molar-refractivity contribution in [1.29, 1.82) is 0 Å². The summed E-state index contributed by atoms with van der Waals surface area (Å²) >= 11 is 0. The Morgan fingerprint density at radius 1 is 1.27 bits per heavy atom. The maximum atomic E-state index is 12.4. The highest BCUT2D eigenvalue weighted by Crippen LogP contribution is 2.36. The van der Waals surface area contributed by atoms with Crippen LogP contribution in [-0.4, -0.2) is 41.3 Å². The fourth-order valence-electron chi connectivity index (χ4n) is 3.92. The molecule has 2 fully saturated rings. The molecule has 0 aromatic heterocycles. The van der Waals surface area contributed by atoms with Crippen molar-refractivity contribution in [3.8, 4) is 0 Å². The number of hydrogen-bond acceptors (Lipinski definition) is 3. The summed E-state index contributed by atoms with van der Waals surface area (Å²) in [5, 5.41) is 3.74. The molecule has 2 rings (SSSR count). The average molecular weight is 310 g/mol. The lowest BCUT2D eigenvalue weighted by Gasteiger charge is -2.40. The van der Waals surface area contributed by atoms with E-state index >= 15 is 0 Å². The SMILES string of the molecule is CCCC(C)CNC1CC2CCC(C1)N2C(=O)OC(C)(C)C. The van der Waals surface area contributed by atoms with Gasteiger partial charge in [-0.1, -0.05) is 20.3 Å². The smallest absolute Gasteiger partial charge is 0.410 e. The molecule has 0 radical (unpaired) electrons. The molecule has 0 spiro atoms. The van der Waals surface area contributed by atoms with Crippen LogP contribution in [0.1, 0.15) is 73.1 Å². The van der Waals surface area contributed by atoms with Gasteiger partial charge in [-0.2, -0.15) is 0 Å².